The van der Waals surface area contributed by atoms with Crippen molar-refractivity contribution in [3.05, 3.63) is 30.0 Å². The topological polar surface area (TPSA) is 152 Å². The molecule has 0 radical (unpaired) electrons. The highest BCUT2D eigenvalue weighted by Crippen LogP contribution is 2.34. The van der Waals surface area contributed by atoms with Crippen LogP contribution in [0.25, 0.3) is 10.9 Å². The fourth-order valence-electron chi connectivity index (χ4n) is 2.92. The van der Waals surface area contributed by atoms with Crippen LogP contribution in [0.15, 0.2) is 24.3 Å². The van der Waals surface area contributed by atoms with Crippen molar-refractivity contribution in [3.8, 4) is 5.75 Å². The zero-order valence-corrected chi connectivity index (χ0v) is 13.1. The fraction of sp³-hybridized carbons (Fsp3) is 0.438. The molecule has 1 aromatic heterocycles. The van der Waals surface area contributed by atoms with Gasteiger partial charge in [0, 0.05) is 10.9 Å². The third-order valence-electron chi connectivity index (χ3n) is 4.16. The number of ether oxygens (including phenoxy) is 2. The maximum Gasteiger partial charge on any atom is 0.309 e. The summed E-state index contributed by atoms with van der Waals surface area (Å²) in [6.45, 7) is -0.584. The molecule has 1 aromatic carbocycles. The summed E-state index contributed by atoms with van der Waals surface area (Å²) >= 11 is 0. The number of aromatic nitrogens is 1. The maximum absolute atomic E-state index is 11.1. The number of aliphatic hydroxyl groups is 4. The number of nitrogens with one attached hydrogen (secondary N) is 1. The molecule has 9 heteroatoms. The SMILES string of the molecule is O=C(O)Cc1[nH]c2ccccc2c1O[C@@H]1[C@@H](O)[C@H](O)[C@@H](CO)O[C@H]1O. The molecule has 0 amide bonds. The Hall–Kier alpha value is -2.17. The molecular weight excluding hydrogens is 334 g/mol. The monoisotopic (exact) mass is 353 g/mol. The van der Waals surface area contributed by atoms with E-state index in [0.717, 1.165) is 0 Å². The van der Waals surface area contributed by atoms with Gasteiger partial charge in [0.25, 0.3) is 0 Å². The Balaban J connectivity index is 1.95. The van der Waals surface area contributed by atoms with Gasteiger partial charge in [-0.3, -0.25) is 4.79 Å². The van der Waals surface area contributed by atoms with Gasteiger partial charge in [-0.25, -0.2) is 0 Å². The van der Waals surface area contributed by atoms with Crippen molar-refractivity contribution in [3.63, 3.8) is 0 Å². The standard InChI is InChI=1S/C16H19NO8/c18-6-10-12(21)13(22)15(16(23)24-10)25-14-7-3-1-2-4-8(7)17-9(14)5-11(19)20/h1-4,10,12-13,15-18,21-23H,5-6H2,(H,19,20)/t10-,12-,13+,15-,16-/m1/s1. The molecule has 9 nitrogen and oxygen atoms in total. The second-order valence-corrected chi connectivity index (χ2v) is 5.86. The lowest BCUT2D eigenvalue weighted by Crippen LogP contribution is -2.60. The molecule has 5 atom stereocenters. The predicted octanol–water partition coefficient (Wildman–Crippen LogP) is -1.03. The van der Waals surface area contributed by atoms with Crippen molar-refractivity contribution in [2.45, 2.75) is 37.1 Å². The Morgan fingerprint density at radius 3 is 2.60 bits per heavy atom. The number of carbonyl (C=O) groups is 1. The van der Waals surface area contributed by atoms with E-state index in [1.165, 1.54) is 0 Å². The smallest absolute Gasteiger partial charge is 0.309 e. The summed E-state index contributed by atoms with van der Waals surface area (Å²) in [7, 11) is 0. The van der Waals surface area contributed by atoms with Gasteiger partial charge in [-0.1, -0.05) is 12.1 Å². The van der Waals surface area contributed by atoms with Crippen LogP contribution in [0, 0.1) is 0 Å². The summed E-state index contributed by atoms with van der Waals surface area (Å²) in [4.78, 5) is 14.0. The number of aliphatic carboxylic acids is 1. The number of hydrogen-bond acceptors (Lipinski definition) is 7. The number of H-pyrrole nitrogens is 1. The zero-order valence-electron chi connectivity index (χ0n) is 13.1. The number of fused-ring (bicyclic) bond motifs is 1. The van der Waals surface area contributed by atoms with Gasteiger partial charge in [0.2, 0.25) is 0 Å². The molecule has 1 aliphatic heterocycles. The minimum absolute atomic E-state index is 0.152. The highest BCUT2D eigenvalue weighted by Gasteiger charge is 2.45. The third-order valence-corrected chi connectivity index (χ3v) is 4.16. The molecule has 0 unspecified atom stereocenters. The molecule has 0 bridgehead atoms. The van der Waals surface area contributed by atoms with E-state index in [9.17, 15) is 20.1 Å². The molecule has 1 fully saturated rings. The second kappa shape index (κ2) is 6.98. The van der Waals surface area contributed by atoms with Crippen molar-refractivity contribution in [2.24, 2.45) is 0 Å². The number of carboxylic acid groups (broad SMARTS) is 1. The molecule has 1 saturated heterocycles. The van der Waals surface area contributed by atoms with E-state index >= 15 is 0 Å². The summed E-state index contributed by atoms with van der Waals surface area (Å²) in [6, 6.07) is 6.92. The Bertz CT molecular complexity index is 760. The summed E-state index contributed by atoms with van der Waals surface area (Å²) in [5.41, 5.74) is 0.884. The molecule has 0 spiro atoms. The summed E-state index contributed by atoms with van der Waals surface area (Å²) in [5.74, 6) is -0.933. The quantitative estimate of drug-likeness (QED) is 0.399. The largest absolute Gasteiger partial charge is 0.481 e. The fourth-order valence-corrected chi connectivity index (χ4v) is 2.92. The first-order valence-corrected chi connectivity index (χ1v) is 7.71. The van der Waals surface area contributed by atoms with Crippen LogP contribution in [-0.4, -0.2) is 73.8 Å². The van der Waals surface area contributed by atoms with E-state index in [4.69, 9.17) is 19.7 Å². The second-order valence-electron chi connectivity index (χ2n) is 5.86. The molecule has 6 N–H and O–H groups in total. The molecule has 1 aliphatic rings. The predicted molar refractivity (Wildman–Crippen MR) is 84.0 cm³/mol. The minimum atomic E-state index is -1.61. The lowest BCUT2D eigenvalue weighted by Gasteiger charge is -2.39. The normalized spacial score (nSPS) is 29.7. The van der Waals surface area contributed by atoms with E-state index in [-0.39, 0.29) is 17.9 Å². The molecule has 2 aromatic rings. The molecule has 0 saturated carbocycles. The summed E-state index contributed by atoms with van der Waals surface area (Å²) in [5, 5.41) is 48.9. The number of para-hydroxylation sites is 1. The van der Waals surface area contributed by atoms with Gasteiger partial charge < -0.3 is 40.0 Å². The highest BCUT2D eigenvalue weighted by molar-refractivity contribution is 5.89. The van der Waals surface area contributed by atoms with Gasteiger partial charge in [-0.2, -0.15) is 0 Å². The Morgan fingerprint density at radius 2 is 1.92 bits per heavy atom. The van der Waals surface area contributed by atoms with E-state index < -0.39 is 43.3 Å². The van der Waals surface area contributed by atoms with Crippen LogP contribution in [0.1, 0.15) is 5.69 Å². The number of aromatic amines is 1. The molecular formula is C16H19NO8. The highest BCUT2D eigenvalue weighted by atomic mass is 16.7. The van der Waals surface area contributed by atoms with Crippen LogP contribution in [0.5, 0.6) is 5.75 Å². The van der Waals surface area contributed by atoms with Crippen LogP contribution in [0.4, 0.5) is 0 Å². The number of aliphatic hydroxyl groups excluding tert-OH is 4. The third kappa shape index (κ3) is 3.32. The van der Waals surface area contributed by atoms with Crippen LogP contribution < -0.4 is 4.74 Å². The van der Waals surface area contributed by atoms with Gasteiger partial charge in [0.15, 0.2) is 12.4 Å². The van der Waals surface area contributed by atoms with Gasteiger partial charge in [-0.15, -0.1) is 0 Å². The Kier molecular flexibility index (Phi) is 4.93. The van der Waals surface area contributed by atoms with Crippen molar-refractivity contribution >= 4 is 16.9 Å². The van der Waals surface area contributed by atoms with E-state index in [2.05, 4.69) is 4.98 Å². The molecule has 0 aliphatic carbocycles. The molecule has 136 valence electrons. The van der Waals surface area contributed by atoms with Crippen molar-refractivity contribution in [2.75, 3.05) is 6.61 Å². The lowest BCUT2D eigenvalue weighted by atomic mass is 9.99. The Morgan fingerprint density at radius 1 is 1.20 bits per heavy atom. The first-order chi connectivity index (χ1) is 11.9. The van der Waals surface area contributed by atoms with Crippen molar-refractivity contribution in [1.29, 1.82) is 0 Å². The zero-order chi connectivity index (χ0) is 18.1. The number of hydrogen-bond donors (Lipinski definition) is 6. The van der Waals surface area contributed by atoms with Crippen molar-refractivity contribution < 1.29 is 39.8 Å². The van der Waals surface area contributed by atoms with Gasteiger partial charge in [0.1, 0.15) is 24.1 Å². The van der Waals surface area contributed by atoms with Crippen LogP contribution >= 0.6 is 0 Å². The van der Waals surface area contributed by atoms with E-state index in [1.807, 2.05) is 0 Å². The Labute approximate surface area is 142 Å². The molecule has 2 heterocycles. The average molecular weight is 353 g/mol. The average Bonchev–Trinajstić information content (AvgIpc) is 2.91. The number of rotatable bonds is 5. The van der Waals surface area contributed by atoms with E-state index in [1.54, 1.807) is 24.3 Å². The maximum atomic E-state index is 11.1. The summed E-state index contributed by atoms with van der Waals surface area (Å²) in [6.07, 6.45) is -7.47. The summed E-state index contributed by atoms with van der Waals surface area (Å²) < 4.78 is 10.7. The van der Waals surface area contributed by atoms with E-state index in [0.29, 0.717) is 10.9 Å². The van der Waals surface area contributed by atoms with Crippen LogP contribution in [0.3, 0.4) is 0 Å². The minimum Gasteiger partial charge on any atom is -0.481 e. The van der Waals surface area contributed by atoms with Gasteiger partial charge in [0.05, 0.1) is 18.7 Å². The molecule has 3 rings (SSSR count). The first-order valence-electron chi connectivity index (χ1n) is 7.71. The number of benzene rings is 1. The molecule has 25 heavy (non-hydrogen) atoms. The van der Waals surface area contributed by atoms with Gasteiger partial charge >= 0.3 is 5.97 Å². The lowest BCUT2D eigenvalue weighted by molar-refractivity contribution is -0.280. The van der Waals surface area contributed by atoms with Crippen LogP contribution in [0.2, 0.25) is 0 Å². The first kappa shape index (κ1) is 17.6. The van der Waals surface area contributed by atoms with Gasteiger partial charge in [-0.05, 0) is 12.1 Å². The van der Waals surface area contributed by atoms with Crippen LogP contribution in [-0.2, 0) is 16.0 Å². The van der Waals surface area contributed by atoms with Crippen molar-refractivity contribution in [1.82, 2.24) is 4.98 Å². The number of carboxylic acids is 1.